The minimum Gasteiger partial charge on any atom is -0.461 e. The van der Waals surface area contributed by atoms with Crippen LogP contribution in [0.1, 0.15) is 95.8 Å². The van der Waals surface area contributed by atoms with Crippen molar-refractivity contribution in [2.24, 2.45) is 0 Å². The third kappa shape index (κ3) is 3.74. The van der Waals surface area contributed by atoms with Gasteiger partial charge in [-0.3, -0.25) is 4.79 Å². The summed E-state index contributed by atoms with van der Waals surface area (Å²) < 4.78 is 6.19. The van der Waals surface area contributed by atoms with E-state index in [1.807, 2.05) is 13.8 Å². The van der Waals surface area contributed by atoms with Crippen molar-refractivity contribution in [3.63, 3.8) is 0 Å². The molecule has 1 aromatic carbocycles. The van der Waals surface area contributed by atoms with Crippen molar-refractivity contribution in [2.45, 2.75) is 85.5 Å². The highest BCUT2D eigenvalue weighted by Crippen LogP contribution is 2.41. The van der Waals surface area contributed by atoms with Gasteiger partial charge in [-0.2, -0.15) is 0 Å². The van der Waals surface area contributed by atoms with E-state index in [4.69, 9.17) is 4.74 Å². The molecule has 0 bridgehead atoms. The third-order valence-corrected chi connectivity index (χ3v) is 5.40. The summed E-state index contributed by atoms with van der Waals surface area (Å²) in [6, 6.07) is 4.59. The Balaban J connectivity index is 2.50. The number of rotatable bonds is 7. The van der Waals surface area contributed by atoms with E-state index in [9.17, 15) is 4.79 Å². The molecular weight excluding hydrogens is 296 g/mol. The Labute approximate surface area is 147 Å². The van der Waals surface area contributed by atoms with Crippen molar-refractivity contribution in [3.05, 3.63) is 40.2 Å². The summed E-state index contributed by atoms with van der Waals surface area (Å²) in [4.78, 5) is 12.4. The molecule has 1 heterocycles. The number of hydrogen-bond acceptors (Lipinski definition) is 2. The molecule has 0 radical (unpaired) electrons. The monoisotopic (exact) mass is 328 g/mol. The molecule has 24 heavy (non-hydrogen) atoms. The largest absolute Gasteiger partial charge is 0.461 e. The Kier molecular flexibility index (Phi) is 6.26. The predicted molar refractivity (Wildman–Crippen MR) is 101 cm³/mol. The first-order valence-corrected chi connectivity index (χ1v) is 9.50. The van der Waals surface area contributed by atoms with Crippen LogP contribution in [0.3, 0.4) is 0 Å². The highest BCUT2D eigenvalue weighted by molar-refractivity contribution is 5.96. The summed E-state index contributed by atoms with van der Waals surface area (Å²) in [6.07, 6.45) is 4.41. The molecule has 2 unspecified atom stereocenters. The number of carbonyl (C=O) groups excluding carboxylic acids is 1. The van der Waals surface area contributed by atoms with Crippen LogP contribution in [0.15, 0.2) is 23.5 Å². The van der Waals surface area contributed by atoms with Crippen LogP contribution in [-0.2, 0) is 11.2 Å². The standard InChI is InChI=1S/C22H32O2/c1-7-10-21(23)20-13-18-11-17(14(4)8-2)12-19(15(5)9-3)22(18)24-16(20)6/h11-12,14-15H,7-10,13H2,1-6H3. The molecule has 132 valence electrons. The molecule has 2 heteroatoms. The molecule has 2 nitrogen and oxygen atoms in total. The van der Waals surface area contributed by atoms with E-state index < -0.39 is 0 Å². The van der Waals surface area contributed by atoms with Gasteiger partial charge in [0.2, 0.25) is 0 Å². The van der Waals surface area contributed by atoms with Crippen molar-refractivity contribution in [3.8, 4) is 5.75 Å². The molecule has 0 saturated carbocycles. The number of hydrogen-bond donors (Lipinski definition) is 0. The van der Waals surface area contributed by atoms with E-state index in [2.05, 4.69) is 39.8 Å². The molecule has 0 aliphatic carbocycles. The predicted octanol–water partition coefficient (Wildman–Crippen LogP) is 6.29. The van der Waals surface area contributed by atoms with E-state index in [1.54, 1.807) is 0 Å². The number of ether oxygens (including phenoxy) is 1. The zero-order valence-electron chi connectivity index (χ0n) is 16.2. The van der Waals surface area contributed by atoms with Gasteiger partial charge in [0.1, 0.15) is 11.5 Å². The average molecular weight is 328 g/mol. The number of benzene rings is 1. The summed E-state index contributed by atoms with van der Waals surface area (Å²) in [5, 5.41) is 0. The fourth-order valence-corrected chi connectivity index (χ4v) is 3.30. The van der Waals surface area contributed by atoms with E-state index >= 15 is 0 Å². The van der Waals surface area contributed by atoms with Gasteiger partial charge in [-0.15, -0.1) is 0 Å². The number of allylic oxidation sites excluding steroid dienone is 2. The molecule has 0 fully saturated rings. The van der Waals surface area contributed by atoms with Crippen molar-refractivity contribution in [1.29, 1.82) is 0 Å². The lowest BCUT2D eigenvalue weighted by molar-refractivity contribution is -0.115. The smallest absolute Gasteiger partial charge is 0.162 e. The highest BCUT2D eigenvalue weighted by Gasteiger charge is 2.26. The maximum atomic E-state index is 12.4. The summed E-state index contributed by atoms with van der Waals surface area (Å²) in [6.45, 7) is 13.0. The van der Waals surface area contributed by atoms with Gasteiger partial charge in [0, 0.05) is 18.4 Å². The number of carbonyl (C=O) groups is 1. The number of Topliss-reactive ketones (excluding diaryl/α,β-unsaturated/α-hetero) is 1. The first kappa shape index (κ1) is 18.8. The minimum absolute atomic E-state index is 0.236. The summed E-state index contributed by atoms with van der Waals surface area (Å²) in [5.74, 6) is 3.02. The topological polar surface area (TPSA) is 26.3 Å². The molecule has 0 aromatic heterocycles. The second-order valence-electron chi connectivity index (χ2n) is 7.20. The van der Waals surface area contributed by atoms with Crippen molar-refractivity contribution in [2.75, 3.05) is 0 Å². The third-order valence-electron chi connectivity index (χ3n) is 5.40. The van der Waals surface area contributed by atoms with Crippen LogP contribution < -0.4 is 4.74 Å². The summed E-state index contributed by atoms with van der Waals surface area (Å²) >= 11 is 0. The Morgan fingerprint density at radius 1 is 1.12 bits per heavy atom. The number of ketones is 1. The van der Waals surface area contributed by atoms with Gasteiger partial charge < -0.3 is 4.74 Å². The van der Waals surface area contributed by atoms with Crippen LogP contribution in [0.25, 0.3) is 0 Å². The lowest BCUT2D eigenvalue weighted by Crippen LogP contribution is -2.17. The molecule has 0 spiro atoms. The quantitative estimate of drug-likeness (QED) is 0.588. The van der Waals surface area contributed by atoms with Crippen LogP contribution >= 0.6 is 0 Å². The summed E-state index contributed by atoms with van der Waals surface area (Å²) in [7, 11) is 0. The molecule has 2 atom stereocenters. The van der Waals surface area contributed by atoms with Crippen LogP contribution in [0.2, 0.25) is 0 Å². The molecule has 1 aliphatic rings. The fraction of sp³-hybridized carbons (Fsp3) is 0.591. The van der Waals surface area contributed by atoms with Gasteiger partial charge in [0.15, 0.2) is 5.78 Å². The number of fused-ring (bicyclic) bond motifs is 1. The van der Waals surface area contributed by atoms with Crippen LogP contribution in [-0.4, -0.2) is 5.78 Å². The molecule has 0 amide bonds. The van der Waals surface area contributed by atoms with Gasteiger partial charge in [0.05, 0.1) is 0 Å². The van der Waals surface area contributed by atoms with Crippen molar-refractivity contribution in [1.82, 2.24) is 0 Å². The van der Waals surface area contributed by atoms with E-state index in [0.29, 0.717) is 24.7 Å². The van der Waals surface area contributed by atoms with Crippen LogP contribution in [0.5, 0.6) is 5.75 Å². The first-order valence-electron chi connectivity index (χ1n) is 9.50. The van der Waals surface area contributed by atoms with Gasteiger partial charge >= 0.3 is 0 Å². The van der Waals surface area contributed by atoms with Crippen molar-refractivity contribution < 1.29 is 9.53 Å². The molecular formula is C22H32O2. The van der Waals surface area contributed by atoms with Crippen LogP contribution in [0, 0.1) is 0 Å². The lowest BCUT2D eigenvalue weighted by Gasteiger charge is -2.27. The molecule has 1 aliphatic heterocycles. The van der Waals surface area contributed by atoms with E-state index in [-0.39, 0.29) is 5.78 Å². The van der Waals surface area contributed by atoms with Gasteiger partial charge in [0.25, 0.3) is 0 Å². The Morgan fingerprint density at radius 2 is 1.79 bits per heavy atom. The zero-order chi connectivity index (χ0) is 17.9. The molecule has 0 saturated heterocycles. The molecule has 2 rings (SSSR count). The second kappa shape index (κ2) is 8.00. The average Bonchev–Trinajstić information content (AvgIpc) is 2.59. The Morgan fingerprint density at radius 3 is 2.38 bits per heavy atom. The minimum atomic E-state index is 0.236. The maximum absolute atomic E-state index is 12.4. The summed E-state index contributed by atoms with van der Waals surface area (Å²) in [5.41, 5.74) is 4.72. The molecule has 1 aromatic rings. The Bertz CT molecular complexity index is 640. The second-order valence-corrected chi connectivity index (χ2v) is 7.20. The van der Waals surface area contributed by atoms with Crippen molar-refractivity contribution >= 4 is 5.78 Å². The van der Waals surface area contributed by atoms with Gasteiger partial charge in [-0.1, -0.05) is 46.8 Å². The van der Waals surface area contributed by atoms with E-state index in [0.717, 1.165) is 36.3 Å². The maximum Gasteiger partial charge on any atom is 0.162 e. The normalized spacial score (nSPS) is 16.4. The zero-order valence-corrected chi connectivity index (χ0v) is 16.2. The SMILES string of the molecule is CCCC(=O)C1=C(C)Oc2c(cc(C(C)CC)cc2C(C)CC)C1. The lowest BCUT2D eigenvalue weighted by atomic mass is 9.85. The molecule has 0 N–H and O–H groups in total. The van der Waals surface area contributed by atoms with Gasteiger partial charge in [-0.25, -0.2) is 0 Å². The van der Waals surface area contributed by atoms with E-state index in [1.165, 1.54) is 16.7 Å². The highest BCUT2D eigenvalue weighted by atomic mass is 16.5. The fourth-order valence-electron chi connectivity index (χ4n) is 3.30. The Hall–Kier alpha value is -1.57. The first-order chi connectivity index (χ1) is 11.4. The van der Waals surface area contributed by atoms with Gasteiger partial charge in [-0.05, 0) is 54.7 Å². The van der Waals surface area contributed by atoms with Crippen LogP contribution in [0.4, 0.5) is 0 Å².